The Bertz CT molecular complexity index is 49.0. The monoisotopic (exact) mass is 120 g/mol. The van der Waals surface area contributed by atoms with Gasteiger partial charge in [0.25, 0.3) is 0 Å². The molecule has 0 radical (unpaired) electrons. The lowest BCUT2D eigenvalue weighted by atomic mass is 10.4. The maximum Gasteiger partial charge on any atom is 0.00470 e. The Balaban J connectivity index is 3.14. The predicted octanol–water partition coefficient (Wildman–Crippen LogP) is 0.734. The highest BCUT2D eigenvalue weighted by Gasteiger charge is 1.92. The third-order valence-electron chi connectivity index (χ3n) is 0.885. The lowest BCUT2D eigenvalue weighted by Crippen LogP contribution is -2.23. The van der Waals surface area contributed by atoms with E-state index in [2.05, 4.69) is 12.6 Å². The Morgan fingerprint density at radius 3 is 2.29 bits per heavy atom. The molecule has 0 rings (SSSR count). The molecular formula is C4H10NOS-. The van der Waals surface area contributed by atoms with E-state index in [1.807, 2.05) is 6.92 Å². The second kappa shape index (κ2) is 3.29. The molecule has 0 aliphatic heterocycles. The maximum atomic E-state index is 10.2. The molecule has 0 aliphatic rings. The summed E-state index contributed by atoms with van der Waals surface area (Å²) in [5, 5.41) is 11.1. The molecule has 0 aromatic rings. The van der Waals surface area contributed by atoms with Gasteiger partial charge in [0.1, 0.15) is 0 Å². The SMILES string of the molecule is CC(CS)N(C)[O-]. The first-order valence-electron chi connectivity index (χ1n) is 2.19. The molecule has 0 bridgehead atoms. The van der Waals surface area contributed by atoms with Crippen molar-refractivity contribution in [2.45, 2.75) is 13.0 Å². The van der Waals surface area contributed by atoms with Crippen LogP contribution >= 0.6 is 12.6 Å². The van der Waals surface area contributed by atoms with Crippen molar-refractivity contribution in [3.63, 3.8) is 0 Å². The first kappa shape index (κ1) is 7.27. The normalized spacial score (nSPS) is 15.0. The standard InChI is InChI=1S/C4H10NOS/c1-4(3-7)5(2)6/h4,7H,3H2,1-2H3/q-1. The molecule has 1 unspecified atom stereocenters. The molecule has 0 spiro atoms. The Morgan fingerprint density at radius 1 is 1.86 bits per heavy atom. The van der Waals surface area contributed by atoms with Gasteiger partial charge in [0.2, 0.25) is 0 Å². The molecule has 0 aromatic carbocycles. The zero-order valence-corrected chi connectivity index (χ0v) is 5.48. The van der Waals surface area contributed by atoms with Crippen molar-refractivity contribution >= 4 is 12.6 Å². The Morgan fingerprint density at radius 2 is 2.29 bits per heavy atom. The molecule has 0 aliphatic carbocycles. The summed E-state index contributed by atoms with van der Waals surface area (Å²) in [5.41, 5.74) is 0. The number of rotatable bonds is 2. The van der Waals surface area contributed by atoms with Gasteiger partial charge in [-0.1, -0.05) is 0 Å². The van der Waals surface area contributed by atoms with Gasteiger partial charge in [-0.15, -0.1) is 0 Å². The van der Waals surface area contributed by atoms with Gasteiger partial charge in [-0.25, -0.2) is 0 Å². The van der Waals surface area contributed by atoms with Gasteiger partial charge in [0, 0.05) is 11.8 Å². The molecule has 1 atom stereocenters. The summed E-state index contributed by atoms with van der Waals surface area (Å²) in [6, 6.07) is 0.0448. The number of hydrogen-bond acceptors (Lipinski definition) is 3. The Labute approximate surface area is 49.5 Å². The van der Waals surface area contributed by atoms with Gasteiger partial charge < -0.3 is 10.3 Å². The molecule has 0 saturated carbocycles. The highest BCUT2D eigenvalue weighted by Crippen LogP contribution is 1.92. The van der Waals surface area contributed by atoms with Crippen molar-refractivity contribution < 1.29 is 0 Å². The van der Waals surface area contributed by atoms with Crippen LogP contribution in [0.4, 0.5) is 0 Å². The third kappa shape index (κ3) is 2.91. The van der Waals surface area contributed by atoms with Crippen molar-refractivity contribution in [3.8, 4) is 0 Å². The third-order valence-corrected chi connectivity index (χ3v) is 1.41. The van der Waals surface area contributed by atoms with Crippen LogP contribution < -0.4 is 0 Å². The van der Waals surface area contributed by atoms with E-state index in [1.54, 1.807) is 0 Å². The van der Waals surface area contributed by atoms with Gasteiger partial charge in [0.05, 0.1) is 0 Å². The van der Waals surface area contributed by atoms with Crippen LogP contribution in [-0.2, 0) is 0 Å². The molecule has 0 amide bonds. The van der Waals surface area contributed by atoms with E-state index in [0.717, 1.165) is 5.06 Å². The van der Waals surface area contributed by atoms with Crippen LogP contribution in [0.25, 0.3) is 0 Å². The molecule has 3 heteroatoms. The fourth-order valence-electron chi connectivity index (χ4n) is 0.115. The Kier molecular flexibility index (Phi) is 3.42. The van der Waals surface area contributed by atoms with Crippen LogP contribution in [0.5, 0.6) is 0 Å². The van der Waals surface area contributed by atoms with Gasteiger partial charge in [0.15, 0.2) is 0 Å². The summed E-state index contributed by atoms with van der Waals surface area (Å²) in [6.45, 7) is 1.83. The maximum absolute atomic E-state index is 10.2. The van der Waals surface area contributed by atoms with E-state index >= 15 is 0 Å². The number of thiol groups is 1. The van der Waals surface area contributed by atoms with E-state index in [9.17, 15) is 5.21 Å². The molecule has 0 N–H and O–H groups in total. The molecule has 7 heavy (non-hydrogen) atoms. The topological polar surface area (TPSA) is 26.3 Å². The van der Waals surface area contributed by atoms with Crippen molar-refractivity contribution in [3.05, 3.63) is 5.21 Å². The van der Waals surface area contributed by atoms with E-state index < -0.39 is 0 Å². The zero-order chi connectivity index (χ0) is 5.86. The summed E-state index contributed by atoms with van der Waals surface area (Å²) < 4.78 is 0. The molecule has 0 fully saturated rings. The van der Waals surface area contributed by atoms with Crippen LogP contribution in [0.3, 0.4) is 0 Å². The summed E-state index contributed by atoms with van der Waals surface area (Å²) in [7, 11) is 1.50. The predicted molar refractivity (Wildman–Crippen MR) is 34.4 cm³/mol. The van der Waals surface area contributed by atoms with Crippen LogP contribution in [0, 0.1) is 5.21 Å². The van der Waals surface area contributed by atoms with Gasteiger partial charge in [-0.3, -0.25) is 0 Å². The molecule has 44 valence electrons. The highest BCUT2D eigenvalue weighted by atomic mass is 32.1. The fraction of sp³-hybridized carbons (Fsp3) is 1.00. The minimum atomic E-state index is 0.0448. The van der Waals surface area contributed by atoms with Crippen molar-refractivity contribution in [2.75, 3.05) is 12.8 Å². The smallest absolute Gasteiger partial charge is 0.00470 e. The second-order valence-electron chi connectivity index (χ2n) is 1.58. The number of hydroxylamine groups is 2. The molecule has 0 aromatic heterocycles. The minimum absolute atomic E-state index is 0.0448. The van der Waals surface area contributed by atoms with Gasteiger partial charge in [-0.05, 0) is 14.0 Å². The number of nitrogens with zero attached hydrogens (tertiary/aromatic N) is 1. The van der Waals surface area contributed by atoms with Crippen LogP contribution in [0.1, 0.15) is 6.92 Å². The number of hydrogen-bond donors (Lipinski definition) is 1. The van der Waals surface area contributed by atoms with Crippen LogP contribution in [-0.4, -0.2) is 23.9 Å². The average molecular weight is 120 g/mol. The molecule has 0 heterocycles. The van der Waals surface area contributed by atoms with E-state index in [-0.39, 0.29) is 6.04 Å². The van der Waals surface area contributed by atoms with Crippen LogP contribution in [0.15, 0.2) is 0 Å². The summed E-state index contributed by atoms with van der Waals surface area (Å²) in [5.74, 6) is 0.625. The highest BCUT2D eigenvalue weighted by molar-refractivity contribution is 7.80. The second-order valence-corrected chi connectivity index (χ2v) is 1.94. The van der Waals surface area contributed by atoms with E-state index in [0.29, 0.717) is 5.75 Å². The van der Waals surface area contributed by atoms with Gasteiger partial charge >= 0.3 is 0 Å². The first-order chi connectivity index (χ1) is 3.18. The summed E-state index contributed by atoms with van der Waals surface area (Å²) in [4.78, 5) is 0. The van der Waals surface area contributed by atoms with Crippen molar-refractivity contribution in [2.24, 2.45) is 0 Å². The van der Waals surface area contributed by atoms with E-state index in [4.69, 9.17) is 0 Å². The average Bonchev–Trinajstić information content (AvgIpc) is 1.65. The lowest BCUT2D eigenvalue weighted by Gasteiger charge is -2.28. The summed E-state index contributed by atoms with van der Waals surface area (Å²) >= 11 is 3.91. The molecule has 0 saturated heterocycles. The van der Waals surface area contributed by atoms with Gasteiger partial charge in [-0.2, -0.15) is 12.6 Å². The fourth-order valence-corrected chi connectivity index (χ4v) is 0.345. The molecular weight excluding hydrogens is 110 g/mol. The van der Waals surface area contributed by atoms with Crippen LogP contribution in [0.2, 0.25) is 0 Å². The quantitative estimate of drug-likeness (QED) is 0.429. The first-order valence-corrected chi connectivity index (χ1v) is 2.82. The van der Waals surface area contributed by atoms with E-state index in [1.165, 1.54) is 7.05 Å². The largest absolute Gasteiger partial charge is 0.785 e. The summed E-state index contributed by atoms with van der Waals surface area (Å²) in [6.07, 6.45) is 0. The minimum Gasteiger partial charge on any atom is -0.785 e. The lowest BCUT2D eigenvalue weighted by molar-refractivity contribution is 0.383. The zero-order valence-electron chi connectivity index (χ0n) is 4.59. The Hall–Kier alpha value is 0.270. The van der Waals surface area contributed by atoms with Crippen molar-refractivity contribution in [1.82, 2.24) is 5.06 Å². The molecule has 2 nitrogen and oxygen atoms in total. The van der Waals surface area contributed by atoms with Crippen molar-refractivity contribution in [1.29, 1.82) is 0 Å².